The van der Waals surface area contributed by atoms with E-state index < -0.39 is 6.04 Å². The molecule has 0 radical (unpaired) electrons. The Balaban J connectivity index is 2.27. The Kier molecular flexibility index (Phi) is 3.66. The van der Waals surface area contributed by atoms with Crippen LogP contribution in [0, 0.1) is 6.92 Å². The molecule has 1 aromatic carbocycles. The zero-order chi connectivity index (χ0) is 14.2. The van der Waals surface area contributed by atoms with Gasteiger partial charge < -0.3 is 10.1 Å². The largest absolute Gasteiger partial charge is 0.495 e. The number of carbonyl (C=O) groups is 2. The third-order valence-corrected chi connectivity index (χ3v) is 3.60. The summed E-state index contributed by atoms with van der Waals surface area (Å²) in [6.45, 7) is 1.86. The first-order valence-electron chi connectivity index (χ1n) is 5.85. The average Bonchev–Trinajstić information content (AvgIpc) is 2.61. The number of benzene rings is 1. The molecule has 1 unspecified atom stereocenters. The maximum atomic E-state index is 11.8. The Morgan fingerprint density at radius 1 is 1.42 bits per heavy atom. The van der Waals surface area contributed by atoms with Crippen molar-refractivity contribution in [2.24, 2.45) is 0 Å². The Morgan fingerprint density at radius 3 is 2.63 bits per heavy atom. The van der Waals surface area contributed by atoms with Crippen molar-refractivity contribution in [1.82, 2.24) is 4.90 Å². The molecule has 1 heterocycles. The molecule has 19 heavy (non-hydrogen) atoms. The molecule has 2 rings (SSSR count). The van der Waals surface area contributed by atoms with Gasteiger partial charge >= 0.3 is 0 Å². The number of hydrogen-bond donors (Lipinski definition) is 1. The summed E-state index contributed by atoms with van der Waals surface area (Å²) in [5.74, 6) is 0.122. The molecule has 0 bridgehead atoms. The summed E-state index contributed by atoms with van der Waals surface area (Å²) in [7, 11) is 3.01. The summed E-state index contributed by atoms with van der Waals surface area (Å²) >= 11 is 6.02. The van der Waals surface area contributed by atoms with E-state index in [0.29, 0.717) is 16.5 Å². The molecule has 0 saturated carbocycles. The molecule has 102 valence electrons. The number of ether oxygens (including phenoxy) is 1. The first-order chi connectivity index (χ1) is 8.93. The SMILES string of the molecule is COc1cc(Cl)c(C)cc1NC1CC(=O)N(C)C1=O. The number of amides is 2. The van der Waals surface area contributed by atoms with E-state index in [9.17, 15) is 9.59 Å². The minimum atomic E-state index is -0.549. The Bertz CT molecular complexity index is 545. The number of imide groups is 1. The van der Waals surface area contributed by atoms with Crippen LogP contribution in [0.15, 0.2) is 12.1 Å². The van der Waals surface area contributed by atoms with Gasteiger partial charge in [-0.15, -0.1) is 0 Å². The topological polar surface area (TPSA) is 58.6 Å². The number of nitrogens with zero attached hydrogens (tertiary/aromatic N) is 1. The van der Waals surface area contributed by atoms with Crippen LogP contribution < -0.4 is 10.1 Å². The summed E-state index contributed by atoms with van der Waals surface area (Å²) in [4.78, 5) is 24.5. The highest BCUT2D eigenvalue weighted by atomic mass is 35.5. The van der Waals surface area contributed by atoms with E-state index in [0.717, 1.165) is 10.5 Å². The van der Waals surface area contributed by atoms with Crippen molar-refractivity contribution in [2.75, 3.05) is 19.5 Å². The summed E-state index contributed by atoms with van der Waals surface area (Å²) in [5.41, 5.74) is 1.53. The smallest absolute Gasteiger partial charge is 0.251 e. The molecule has 0 spiro atoms. The Labute approximate surface area is 116 Å². The highest BCUT2D eigenvalue weighted by Gasteiger charge is 2.36. The standard InChI is InChI=1S/C13H15ClN2O3/c1-7-4-9(11(19-3)5-8(7)14)15-10-6-12(17)16(2)13(10)18/h4-5,10,15H,6H2,1-3H3. The second-order valence-corrected chi connectivity index (χ2v) is 4.90. The van der Waals surface area contributed by atoms with E-state index in [4.69, 9.17) is 16.3 Å². The summed E-state index contributed by atoms with van der Waals surface area (Å²) in [6, 6.07) is 2.94. The van der Waals surface area contributed by atoms with Gasteiger partial charge in [0.15, 0.2) is 0 Å². The predicted octanol–water partition coefficient (Wildman–Crippen LogP) is 1.83. The van der Waals surface area contributed by atoms with Crippen LogP contribution in [0.25, 0.3) is 0 Å². The van der Waals surface area contributed by atoms with Crippen molar-refractivity contribution >= 4 is 29.1 Å². The molecular formula is C13H15ClN2O3. The van der Waals surface area contributed by atoms with E-state index >= 15 is 0 Å². The van der Waals surface area contributed by atoms with E-state index in [-0.39, 0.29) is 18.2 Å². The van der Waals surface area contributed by atoms with E-state index in [1.54, 1.807) is 12.1 Å². The van der Waals surface area contributed by atoms with Crippen molar-refractivity contribution in [3.63, 3.8) is 0 Å². The first-order valence-corrected chi connectivity index (χ1v) is 6.23. The van der Waals surface area contributed by atoms with E-state index in [1.165, 1.54) is 14.2 Å². The number of likely N-dealkylation sites (tertiary alicyclic amines) is 1. The average molecular weight is 283 g/mol. The van der Waals surface area contributed by atoms with Gasteiger partial charge in [0.05, 0.1) is 19.2 Å². The van der Waals surface area contributed by atoms with E-state index in [1.807, 2.05) is 6.92 Å². The van der Waals surface area contributed by atoms with Crippen molar-refractivity contribution in [2.45, 2.75) is 19.4 Å². The van der Waals surface area contributed by atoms with Crippen LogP contribution in [0.4, 0.5) is 5.69 Å². The van der Waals surface area contributed by atoms with Crippen LogP contribution in [0.3, 0.4) is 0 Å². The van der Waals surface area contributed by atoms with Gasteiger partial charge in [0.25, 0.3) is 5.91 Å². The number of halogens is 1. The van der Waals surface area contributed by atoms with Gasteiger partial charge in [-0.3, -0.25) is 14.5 Å². The van der Waals surface area contributed by atoms with Crippen molar-refractivity contribution in [3.05, 3.63) is 22.7 Å². The molecule has 1 aliphatic rings. The van der Waals surface area contributed by atoms with Crippen LogP contribution in [0.2, 0.25) is 5.02 Å². The number of rotatable bonds is 3. The zero-order valence-electron chi connectivity index (χ0n) is 11.0. The molecular weight excluding hydrogens is 268 g/mol. The van der Waals surface area contributed by atoms with Gasteiger partial charge in [0.1, 0.15) is 11.8 Å². The van der Waals surface area contributed by atoms with Gasteiger partial charge in [-0.05, 0) is 18.6 Å². The van der Waals surface area contributed by atoms with Crippen LogP contribution in [0.5, 0.6) is 5.75 Å². The van der Waals surface area contributed by atoms with Gasteiger partial charge in [-0.1, -0.05) is 11.6 Å². The number of hydrogen-bond acceptors (Lipinski definition) is 4. The second kappa shape index (κ2) is 5.09. The molecule has 1 N–H and O–H groups in total. The van der Waals surface area contributed by atoms with Gasteiger partial charge in [-0.25, -0.2) is 0 Å². The lowest BCUT2D eigenvalue weighted by molar-refractivity contribution is -0.136. The Hall–Kier alpha value is -1.75. The molecule has 1 fully saturated rings. The van der Waals surface area contributed by atoms with E-state index in [2.05, 4.69) is 5.32 Å². The van der Waals surface area contributed by atoms with Crippen molar-refractivity contribution < 1.29 is 14.3 Å². The maximum absolute atomic E-state index is 11.8. The minimum Gasteiger partial charge on any atom is -0.495 e. The van der Waals surface area contributed by atoms with Gasteiger partial charge in [0, 0.05) is 18.1 Å². The predicted molar refractivity (Wildman–Crippen MR) is 72.5 cm³/mol. The minimum absolute atomic E-state index is 0.153. The van der Waals surface area contributed by atoms with Crippen LogP contribution in [-0.2, 0) is 9.59 Å². The fraction of sp³-hybridized carbons (Fsp3) is 0.385. The molecule has 1 atom stereocenters. The fourth-order valence-electron chi connectivity index (χ4n) is 2.00. The lowest BCUT2D eigenvalue weighted by atomic mass is 10.1. The summed E-state index contributed by atoms with van der Waals surface area (Å²) in [6.07, 6.45) is 0.153. The van der Waals surface area contributed by atoms with Crippen LogP contribution in [-0.4, -0.2) is 36.9 Å². The molecule has 5 nitrogen and oxygen atoms in total. The van der Waals surface area contributed by atoms with Gasteiger partial charge in [0.2, 0.25) is 5.91 Å². The number of aryl methyl sites for hydroxylation is 1. The number of methoxy groups -OCH3 is 1. The summed E-state index contributed by atoms with van der Waals surface area (Å²) in [5, 5.41) is 3.63. The first kappa shape index (κ1) is 13.7. The Morgan fingerprint density at radius 2 is 2.11 bits per heavy atom. The molecule has 0 aromatic heterocycles. The number of carbonyl (C=O) groups excluding carboxylic acids is 2. The molecule has 6 heteroatoms. The molecule has 1 aromatic rings. The number of anilines is 1. The monoisotopic (exact) mass is 282 g/mol. The van der Waals surface area contributed by atoms with Crippen LogP contribution in [0.1, 0.15) is 12.0 Å². The van der Waals surface area contributed by atoms with Gasteiger partial charge in [-0.2, -0.15) is 0 Å². The molecule has 1 saturated heterocycles. The maximum Gasteiger partial charge on any atom is 0.251 e. The third-order valence-electron chi connectivity index (χ3n) is 3.19. The highest BCUT2D eigenvalue weighted by molar-refractivity contribution is 6.31. The fourth-order valence-corrected chi connectivity index (χ4v) is 2.15. The molecule has 0 aliphatic carbocycles. The molecule has 1 aliphatic heterocycles. The lowest BCUT2D eigenvalue weighted by Crippen LogP contribution is -2.31. The quantitative estimate of drug-likeness (QED) is 0.859. The number of nitrogens with one attached hydrogen (secondary N) is 1. The second-order valence-electron chi connectivity index (χ2n) is 4.49. The van der Waals surface area contributed by atoms with Crippen LogP contribution >= 0.6 is 11.6 Å². The van der Waals surface area contributed by atoms with Crippen molar-refractivity contribution in [3.8, 4) is 5.75 Å². The normalized spacial score (nSPS) is 18.9. The number of likely N-dealkylation sites (N-methyl/N-ethyl adjacent to an activating group) is 1. The van der Waals surface area contributed by atoms with Crippen molar-refractivity contribution in [1.29, 1.82) is 0 Å². The zero-order valence-corrected chi connectivity index (χ0v) is 11.7. The molecule has 2 amide bonds. The summed E-state index contributed by atoms with van der Waals surface area (Å²) < 4.78 is 5.22. The lowest BCUT2D eigenvalue weighted by Gasteiger charge is -2.16. The highest BCUT2D eigenvalue weighted by Crippen LogP contribution is 2.32. The third kappa shape index (κ3) is 2.51.